The summed E-state index contributed by atoms with van der Waals surface area (Å²) in [6.07, 6.45) is 1.78. The predicted molar refractivity (Wildman–Crippen MR) is 101 cm³/mol. The van der Waals surface area contributed by atoms with Crippen LogP contribution in [0.2, 0.25) is 0 Å². The molecule has 0 fully saturated rings. The summed E-state index contributed by atoms with van der Waals surface area (Å²) in [5.74, 6) is -0.325. The van der Waals surface area contributed by atoms with Crippen molar-refractivity contribution >= 4 is 17.5 Å². The second-order valence-electron chi connectivity index (χ2n) is 6.39. The summed E-state index contributed by atoms with van der Waals surface area (Å²) in [7, 11) is 0. The van der Waals surface area contributed by atoms with E-state index >= 15 is 0 Å². The molecule has 0 saturated carbocycles. The van der Waals surface area contributed by atoms with Crippen molar-refractivity contribution in [3.8, 4) is 0 Å². The van der Waals surface area contributed by atoms with Gasteiger partial charge in [0.05, 0.1) is 11.3 Å². The van der Waals surface area contributed by atoms with Crippen molar-refractivity contribution < 1.29 is 9.59 Å². The van der Waals surface area contributed by atoms with Crippen molar-refractivity contribution in [2.45, 2.75) is 40.2 Å². The highest BCUT2D eigenvalue weighted by Crippen LogP contribution is 2.17. The van der Waals surface area contributed by atoms with E-state index in [9.17, 15) is 9.59 Å². The SMILES string of the molecule is CCCC(C)C(=O)Nc1ccccc1C(=O)NCc1ccc(C)cc1. The number of amides is 2. The highest BCUT2D eigenvalue weighted by Gasteiger charge is 2.16. The van der Waals surface area contributed by atoms with Crippen LogP contribution in [-0.2, 0) is 11.3 Å². The molecule has 4 nitrogen and oxygen atoms in total. The second kappa shape index (κ2) is 9.02. The maximum absolute atomic E-state index is 12.5. The Balaban J connectivity index is 2.04. The molecular formula is C21H26N2O2. The van der Waals surface area contributed by atoms with Crippen LogP contribution in [0.4, 0.5) is 5.69 Å². The average Bonchev–Trinajstić information content (AvgIpc) is 2.61. The summed E-state index contributed by atoms with van der Waals surface area (Å²) in [5, 5.41) is 5.79. The van der Waals surface area contributed by atoms with Crippen molar-refractivity contribution in [1.82, 2.24) is 5.32 Å². The van der Waals surface area contributed by atoms with Gasteiger partial charge in [-0.1, -0.05) is 62.2 Å². The van der Waals surface area contributed by atoms with E-state index in [1.165, 1.54) is 5.56 Å². The van der Waals surface area contributed by atoms with Crippen LogP contribution in [0, 0.1) is 12.8 Å². The number of hydrogen-bond donors (Lipinski definition) is 2. The van der Waals surface area contributed by atoms with Crippen LogP contribution in [0.1, 0.15) is 48.2 Å². The Hall–Kier alpha value is -2.62. The lowest BCUT2D eigenvalue weighted by molar-refractivity contribution is -0.119. The Morgan fingerprint density at radius 2 is 1.72 bits per heavy atom. The number of rotatable bonds is 7. The lowest BCUT2D eigenvalue weighted by Crippen LogP contribution is -2.26. The molecule has 0 saturated heterocycles. The van der Waals surface area contributed by atoms with Crippen LogP contribution < -0.4 is 10.6 Å². The molecule has 25 heavy (non-hydrogen) atoms. The number of carbonyl (C=O) groups excluding carboxylic acids is 2. The molecule has 0 radical (unpaired) electrons. The maximum Gasteiger partial charge on any atom is 0.253 e. The molecule has 0 bridgehead atoms. The number of anilines is 1. The molecule has 0 aliphatic rings. The molecule has 1 atom stereocenters. The highest BCUT2D eigenvalue weighted by atomic mass is 16.2. The minimum absolute atomic E-state index is 0.0550. The maximum atomic E-state index is 12.5. The van der Waals surface area contributed by atoms with Gasteiger partial charge in [-0.3, -0.25) is 9.59 Å². The summed E-state index contributed by atoms with van der Waals surface area (Å²) in [6, 6.07) is 15.1. The standard InChI is InChI=1S/C21H26N2O2/c1-4-7-16(3)20(24)23-19-9-6-5-8-18(19)21(25)22-14-17-12-10-15(2)11-13-17/h5-6,8-13,16H,4,7,14H2,1-3H3,(H,22,25)(H,23,24). The molecule has 0 heterocycles. The van der Waals surface area contributed by atoms with Gasteiger partial charge in [0.25, 0.3) is 5.91 Å². The molecule has 2 N–H and O–H groups in total. The zero-order valence-corrected chi connectivity index (χ0v) is 15.1. The van der Waals surface area contributed by atoms with E-state index in [0.29, 0.717) is 17.8 Å². The molecule has 0 aliphatic heterocycles. The van der Waals surface area contributed by atoms with Gasteiger partial charge in [0.1, 0.15) is 0 Å². The first-order chi connectivity index (χ1) is 12.0. The number of benzene rings is 2. The minimum Gasteiger partial charge on any atom is -0.348 e. The van der Waals surface area contributed by atoms with E-state index in [4.69, 9.17) is 0 Å². The molecule has 2 amide bonds. The fraction of sp³-hybridized carbons (Fsp3) is 0.333. The van der Waals surface area contributed by atoms with Crippen LogP contribution in [-0.4, -0.2) is 11.8 Å². The van der Waals surface area contributed by atoms with E-state index in [1.807, 2.05) is 44.2 Å². The quantitative estimate of drug-likeness (QED) is 0.791. The summed E-state index contributed by atoms with van der Waals surface area (Å²) in [5.41, 5.74) is 3.25. The van der Waals surface area contributed by atoms with Gasteiger partial charge in [0.2, 0.25) is 5.91 Å². The summed E-state index contributed by atoms with van der Waals surface area (Å²) < 4.78 is 0. The Labute approximate surface area is 149 Å². The molecule has 132 valence electrons. The van der Waals surface area contributed by atoms with Crippen molar-refractivity contribution in [2.24, 2.45) is 5.92 Å². The molecular weight excluding hydrogens is 312 g/mol. The lowest BCUT2D eigenvalue weighted by Gasteiger charge is -2.14. The molecule has 0 aromatic heterocycles. The number of para-hydroxylation sites is 1. The molecule has 0 aliphatic carbocycles. The van der Waals surface area contributed by atoms with Gasteiger partial charge in [-0.15, -0.1) is 0 Å². The number of nitrogens with one attached hydrogen (secondary N) is 2. The Morgan fingerprint density at radius 1 is 1.04 bits per heavy atom. The van der Waals surface area contributed by atoms with E-state index in [2.05, 4.69) is 17.6 Å². The Bertz CT molecular complexity index is 723. The monoisotopic (exact) mass is 338 g/mol. The fourth-order valence-electron chi connectivity index (χ4n) is 2.59. The Kier molecular flexibility index (Phi) is 6.75. The van der Waals surface area contributed by atoms with Crippen molar-refractivity contribution in [2.75, 3.05) is 5.32 Å². The second-order valence-corrected chi connectivity index (χ2v) is 6.39. The smallest absolute Gasteiger partial charge is 0.253 e. The van der Waals surface area contributed by atoms with E-state index in [-0.39, 0.29) is 17.7 Å². The molecule has 1 unspecified atom stereocenters. The van der Waals surface area contributed by atoms with Crippen LogP contribution >= 0.6 is 0 Å². The van der Waals surface area contributed by atoms with Gasteiger partial charge in [-0.2, -0.15) is 0 Å². The van der Waals surface area contributed by atoms with Crippen LogP contribution in [0.5, 0.6) is 0 Å². The van der Waals surface area contributed by atoms with Gasteiger partial charge in [0.15, 0.2) is 0 Å². The largest absolute Gasteiger partial charge is 0.348 e. The zero-order chi connectivity index (χ0) is 18.2. The van der Waals surface area contributed by atoms with E-state index in [0.717, 1.165) is 18.4 Å². The minimum atomic E-state index is -0.195. The molecule has 4 heteroatoms. The normalized spacial score (nSPS) is 11.6. The van der Waals surface area contributed by atoms with Gasteiger partial charge in [0, 0.05) is 12.5 Å². The van der Waals surface area contributed by atoms with Crippen molar-refractivity contribution in [3.63, 3.8) is 0 Å². The number of hydrogen-bond acceptors (Lipinski definition) is 2. The van der Waals surface area contributed by atoms with Gasteiger partial charge < -0.3 is 10.6 Å². The van der Waals surface area contributed by atoms with Crippen LogP contribution in [0.3, 0.4) is 0 Å². The lowest BCUT2D eigenvalue weighted by atomic mass is 10.0. The average molecular weight is 338 g/mol. The summed E-state index contributed by atoms with van der Waals surface area (Å²) in [6.45, 7) is 6.43. The van der Waals surface area contributed by atoms with Crippen LogP contribution in [0.25, 0.3) is 0 Å². The van der Waals surface area contributed by atoms with Crippen molar-refractivity contribution in [3.05, 3.63) is 65.2 Å². The Morgan fingerprint density at radius 3 is 2.40 bits per heavy atom. The molecule has 2 rings (SSSR count). The molecule has 2 aromatic carbocycles. The number of carbonyl (C=O) groups is 2. The van der Waals surface area contributed by atoms with E-state index in [1.54, 1.807) is 18.2 Å². The third-order valence-electron chi connectivity index (χ3n) is 4.17. The first-order valence-electron chi connectivity index (χ1n) is 8.75. The van der Waals surface area contributed by atoms with Crippen molar-refractivity contribution in [1.29, 1.82) is 0 Å². The topological polar surface area (TPSA) is 58.2 Å². The van der Waals surface area contributed by atoms with Gasteiger partial charge >= 0.3 is 0 Å². The van der Waals surface area contributed by atoms with Gasteiger partial charge in [-0.25, -0.2) is 0 Å². The van der Waals surface area contributed by atoms with E-state index < -0.39 is 0 Å². The third-order valence-corrected chi connectivity index (χ3v) is 4.17. The zero-order valence-electron chi connectivity index (χ0n) is 15.1. The molecule has 0 spiro atoms. The summed E-state index contributed by atoms with van der Waals surface area (Å²) in [4.78, 5) is 24.8. The fourth-order valence-corrected chi connectivity index (χ4v) is 2.59. The van der Waals surface area contributed by atoms with Gasteiger partial charge in [-0.05, 0) is 31.0 Å². The first kappa shape index (κ1) is 18.7. The van der Waals surface area contributed by atoms with Crippen LogP contribution in [0.15, 0.2) is 48.5 Å². The third kappa shape index (κ3) is 5.45. The predicted octanol–water partition coefficient (Wildman–Crippen LogP) is 4.30. The molecule has 2 aromatic rings. The highest BCUT2D eigenvalue weighted by molar-refractivity contribution is 6.04. The number of aryl methyl sites for hydroxylation is 1. The summed E-state index contributed by atoms with van der Waals surface area (Å²) >= 11 is 0. The first-order valence-corrected chi connectivity index (χ1v) is 8.75.